The molecule has 0 heterocycles. The van der Waals surface area contributed by atoms with Crippen LogP contribution >= 0.6 is 7.82 Å². The molecule has 1 rings (SSSR count). The van der Waals surface area contributed by atoms with Gasteiger partial charge in [0.2, 0.25) is 0 Å². The molecule has 4 nitrogen and oxygen atoms in total. The van der Waals surface area contributed by atoms with E-state index in [1.807, 2.05) is 30.3 Å². The summed E-state index contributed by atoms with van der Waals surface area (Å²) in [4.78, 5) is 25.6. The van der Waals surface area contributed by atoms with Gasteiger partial charge in [0.25, 0.3) is 0 Å². The molecule has 0 saturated heterocycles. The fraction of sp³-hybridized carbons (Fsp3) is 0. The quantitative estimate of drug-likeness (QED) is 0.312. The van der Waals surface area contributed by atoms with E-state index in [9.17, 15) is 0 Å². The second kappa shape index (κ2) is 7.50. The summed E-state index contributed by atoms with van der Waals surface area (Å²) in [6.45, 7) is 0. The maximum absolute atomic E-state index is 8.55. The molecule has 6 heteroatoms. The summed E-state index contributed by atoms with van der Waals surface area (Å²) in [5, 5.41) is 0. The molecule has 1 aromatic rings. The summed E-state index contributed by atoms with van der Waals surface area (Å²) in [7, 11) is -5.39. The van der Waals surface area contributed by atoms with Gasteiger partial charge in [-0.05, 0) is 0 Å². The maximum atomic E-state index is 8.55. The Morgan fingerprint density at radius 2 is 1.33 bits per heavy atom. The summed E-state index contributed by atoms with van der Waals surface area (Å²) in [5.41, 5.74) is 0. The molecule has 0 saturated carbocycles. The Kier molecular flexibility index (Phi) is 8.98. The van der Waals surface area contributed by atoms with Crippen molar-refractivity contribution in [2.75, 3.05) is 0 Å². The Morgan fingerprint density at radius 1 is 1.00 bits per heavy atom. The van der Waals surface area contributed by atoms with E-state index in [-0.39, 0.29) is 17.1 Å². The molecule has 66 valence electrons. The van der Waals surface area contributed by atoms with Crippen molar-refractivity contribution in [1.82, 2.24) is 0 Å². The van der Waals surface area contributed by atoms with Crippen LogP contribution in [-0.2, 0) is 21.6 Å². The van der Waals surface area contributed by atoms with Gasteiger partial charge in [0, 0.05) is 0 Å². The Hall–Kier alpha value is -0.151. The third-order valence-electron chi connectivity index (χ3n) is 0.607. The van der Waals surface area contributed by atoms with Gasteiger partial charge in [-0.1, -0.05) is 0 Å². The predicted molar refractivity (Wildman–Crippen MR) is 32.9 cm³/mol. The molecule has 0 spiro atoms. The molecule has 0 aliphatic carbocycles. The van der Waals surface area contributed by atoms with E-state index < -0.39 is 7.82 Å². The van der Waals surface area contributed by atoms with E-state index in [0.29, 0.717) is 0 Å². The van der Waals surface area contributed by atoms with Crippen molar-refractivity contribution in [3.05, 3.63) is 36.4 Å². The van der Waals surface area contributed by atoms with Crippen molar-refractivity contribution in [1.29, 1.82) is 0 Å². The summed E-state index contributed by atoms with van der Waals surface area (Å²) in [6, 6.07) is 12.5. The Morgan fingerprint density at radius 3 is 1.42 bits per heavy atom. The Balaban J connectivity index is 0. The van der Waals surface area contributed by atoms with Crippen molar-refractivity contribution in [2.24, 2.45) is 0 Å². The van der Waals surface area contributed by atoms with Crippen LogP contribution in [0.3, 0.4) is 0 Å². The zero-order valence-corrected chi connectivity index (χ0v) is 7.82. The van der Waals surface area contributed by atoms with Crippen LogP contribution < -0.4 is 14.7 Å². The molecule has 0 amide bonds. The molecular weight excluding hydrogens is 223 g/mol. The van der Waals surface area contributed by atoms with Crippen LogP contribution in [0.25, 0.3) is 0 Å². The van der Waals surface area contributed by atoms with E-state index >= 15 is 0 Å². The minimum atomic E-state index is -5.39. The molecule has 0 radical (unpaired) electrons. The summed E-state index contributed by atoms with van der Waals surface area (Å²) >= 11 is 0. The van der Waals surface area contributed by atoms with Crippen LogP contribution in [0.5, 0.6) is 0 Å². The molecule has 0 aliphatic rings. The van der Waals surface area contributed by atoms with E-state index in [0.717, 1.165) is 0 Å². The van der Waals surface area contributed by atoms with Crippen LogP contribution in [-0.4, -0.2) is 0 Å². The van der Waals surface area contributed by atoms with E-state index in [4.69, 9.17) is 19.2 Å². The first-order chi connectivity index (χ1) is 5.00. The molecule has 0 atom stereocenters. The van der Waals surface area contributed by atoms with Crippen molar-refractivity contribution >= 4 is 7.82 Å². The SMILES string of the molecule is O=P([O-])([O-])[O-].[Fe+4].[c-]1ccccc1. The largest absolute Gasteiger partial charge is 4.00 e. The van der Waals surface area contributed by atoms with Crippen LogP contribution in [0.15, 0.2) is 30.3 Å². The van der Waals surface area contributed by atoms with Crippen molar-refractivity contribution in [2.45, 2.75) is 0 Å². The summed E-state index contributed by atoms with van der Waals surface area (Å²) in [6.07, 6.45) is 0. The maximum Gasteiger partial charge on any atom is 4.00 e. The van der Waals surface area contributed by atoms with Gasteiger partial charge < -0.3 is 19.2 Å². The van der Waals surface area contributed by atoms with Gasteiger partial charge in [-0.15, -0.1) is 0 Å². The zero-order chi connectivity index (χ0) is 8.74. The Labute approximate surface area is 81.0 Å². The number of rotatable bonds is 0. The Bertz CT molecular complexity index is 187. The smallest absolute Gasteiger partial charge is 0.822 e. The summed E-state index contributed by atoms with van der Waals surface area (Å²) < 4.78 is 8.55. The van der Waals surface area contributed by atoms with Crippen molar-refractivity contribution < 1.29 is 36.3 Å². The third-order valence-corrected chi connectivity index (χ3v) is 0.607. The molecule has 1 aromatic carbocycles. The average molecular weight is 228 g/mol. The summed E-state index contributed by atoms with van der Waals surface area (Å²) in [5.74, 6) is 0. The monoisotopic (exact) mass is 228 g/mol. The van der Waals surface area contributed by atoms with Crippen LogP contribution in [0.1, 0.15) is 0 Å². The van der Waals surface area contributed by atoms with E-state index in [1.165, 1.54) is 0 Å². The van der Waals surface area contributed by atoms with Gasteiger partial charge in [-0.2, -0.15) is 44.2 Å². The molecular formula is C6H5FeO4P. The molecule has 0 bridgehead atoms. The van der Waals surface area contributed by atoms with Gasteiger partial charge >= 0.3 is 17.1 Å². The van der Waals surface area contributed by atoms with Gasteiger partial charge in [0.05, 0.1) is 0 Å². The van der Waals surface area contributed by atoms with Gasteiger partial charge in [0.15, 0.2) is 0 Å². The first-order valence-corrected chi connectivity index (χ1v) is 4.10. The number of hydrogen-bond donors (Lipinski definition) is 0. The molecule has 0 aromatic heterocycles. The molecule has 0 fully saturated rings. The van der Waals surface area contributed by atoms with Crippen molar-refractivity contribution in [3.8, 4) is 0 Å². The molecule has 12 heavy (non-hydrogen) atoms. The molecule has 0 N–H and O–H groups in total. The minimum Gasteiger partial charge on any atom is -0.822 e. The normalized spacial score (nSPS) is 8.92. The molecule has 0 unspecified atom stereocenters. The van der Waals surface area contributed by atoms with Gasteiger partial charge in [-0.25, -0.2) is 0 Å². The standard InChI is InChI=1S/C6H5.Fe.H3O4P/c1-2-4-6-5-3-1;;1-5(2,3)4/h1-5H;;(H3,1,2,3,4)/q-1;+4;/p-3. The van der Waals surface area contributed by atoms with Crippen LogP contribution in [0, 0.1) is 6.07 Å². The van der Waals surface area contributed by atoms with E-state index in [2.05, 4.69) is 6.07 Å². The minimum absolute atomic E-state index is 0. The number of hydrogen-bond acceptors (Lipinski definition) is 4. The average Bonchev–Trinajstić information content (AvgIpc) is 1.88. The number of phosphoric acid groups is 1. The first kappa shape index (κ1) is 14.4. The topological polar surface area (TPSA) is 86.2 Å². The second-order valence-corrected chi connectivity index (χ2v) is 2.42. The zero-order valence-electron chi connectivity index (χ0n) is 5.82. The molecule has 0 aliphatic heterocycles. The third kappa shape index (κ3) is 22.5. The second-order valence-electron chi connectivity index (χ2n) is 1.52. The van der Waals surface area contributed by atoms with Crippen molar-refractivity contribution in [3.63, 3.8) is 0 Å². The van der Waals surface area contributed by atoms with Gasteiger partial charge in [-0.3, -0.25) is 0 Å². The van der Waals surface area contributed by atoms with Gasteiger partial charge in [0.1, 0.15) is 0 Å². The first-order valence-electron chi connectivity index (χ1n) is 2.64. The van der Waals surface area contributed by atoms with Crippen LogP contribution in [0.4, 0.5) is 0 Å². The van der Waals surface area contributed by atoms with E-state index in [1.54, 1.807) is 0 Å². The number of benzene rings is 1. The fourth-order valence-electron chi connectivity index (χ4n) is 0.342. The van der Waals surface area contributed by atoms with Crippen LogP contribution in [0.2, 0.25) is 0 Å². The fourth-order valence-corrected chi connectivity index (χ4v) is 0.342. The predicted octanol–water partition coefficient (Wildman–Crippen LogP) is -1.34.